The van der Waals surface area contributed by atoms with Gasteiger partial charge >= 0.3 is 0 Å². The monoisotopic (exact) mass is 331 g/mol. The second-order valence-corrected chi connectivity index (χ2v) is 4.89. The predicted molar refractivity (Wildman–Crippen MR) is 77.8 cm³/mol. The van der Waals surface area contributed by atoms with E-state index in [2.05, 4.69) is 54.1 Å². The van der Waals surface area contributed by atoms with Crippen molar-refractivity contribution >= 4 is 11.9 Å². The van der Waals surface area contributed by atoms with Crippen LogP contribution in [0.4, 0.5) is 5.69 Å². The van der Waals surface area contributed by atoms with Crippen LogP contribution in [-0.4, -0.2) is 24.4 Å². The van der Waals surface area contributed by atoms with Crippen molar-refractivity contribution in [1.29, 1.82) is 0 Å². The van der Waals surface area contributed by atoms with Crippen molar-refractivity contribution in [1.82, 2.24) is 0 Å². The maximum absolute atomic E-state index is 5.47. The van der Waals surface area contributed by atoms with E-state index < -0.39 is 0 Å². The van der Waals surface area contributed by atoms with Crippen molar-refractivity contribution in [3.8, 4) is 5.75 Å². The molecule has 0 aliphatic carbocycles. The molecule has 2 nitrogen and oxygen atoms in total. The third-order valence-electron chi connectivity index (χ3n) is 3.71. The van der Waals surface area contributed by atoms with Crippen LogP contribution in [0.2, 0.25) is 0 Å². The lowest BCUT2D eigenvalue weighted by Crippen LogP contribution is -3.00. The molecule has 2 aromatic rings. The van der Waals surface area contributed by atoms with Gasteiger partial charge in [0.25, 0.3) is 0 Å². The van der Waals surface area contributed by atoms with Gasteiger partial charge in [-0.2, -0.15) is 4.58 Å². The molecule has 20 heavy (non-hydrogen) atoms. The van der Waals surface area contributed by atoms with Crippen LogP contribution < -0.4 is 21.7 Å². The molecule has 2 aromatic carbocycles. The molecule has 3 heteroatoms. The quantitative estimate of drug-likeness (QED) is 0.722. The maximum Gasteiger partial charge on any atom is 0.208 e. The molecule has 0 saturated heterocycles. The van der Waals surface area contributed by atoms with E-state index in [9.17, 15) is 0 Å². The van der Waals surface area contributed by atoms with E-state index in [1.54, 1.807) is 7.11 Å². The van der Waals surface area contributed by atoms with Crippen LogP contribution in [0.25, 0.3) is 0 Å². The molecule has 0 bridgehead atoms. The summed E-state index contributed by atoms with van der Waals surface area (Å²) >= 11 is 0. The summed E-state index contributed by atoms with van der Waals surface area (Å²) in [5.41, 5.74) is 5.15. The summed E-state index contributed by atoms with van der Waals surface area (Å²) in [6.07, 6.45) is 3.26. The lowest BCUT2D eigenvalue weighted by atomic mass is 10.0. The zero-order valence-corrected chi connectivity index (χ0v) is 13.4. The largest absolute Gasteiger partial charge is 1.00 e. The molecular formula is C17H18BrNO. The number of ether oxygens (including phenoxy) is 1. The Morgan fingerprint density at radius 3 is 2.60 bits per heavy atom. The van der Waals surface area contributed by atoms with Gasteiger partial charge in [-0.05, 0) is 18.6 Å². The molecule has 0 N–H and O–H groups in total. The summed E-state index contributed by atoms with van der Waals surface area (Å²) in [4.78, 5) is 0. The number of para-hydroxylation sites is 1. The van der Waals surface area contributed by atoms with E-state index in [0.29, 0.717) is 0 Å². The Labute approximate surface area is 130 Å². The van der Waals surface area contributed by atoms with Crippen molar-refractivity contribution in [3.63, 3.8) is 0 Å². The third kappa shape index (κ3) is 2.63. The van der Waals surface area contributed by atoms with Gasteiger partial charge in [0.05, 0.1) is 12.7 Å². The number of aryl methyl sites for hydroxylation is 1. The van der Waals surface area contributed by atoms with Crippen molar-refractivity contribution < 1.29 is 26.3 Å². The van der Waals surface area contributed by atoms with Gasteiger partial charge in [0, 0.05) is 18.1 Å². The number of halogens is 1. The number of benzene rings is 2. The molecule has 0 amide bonds. The average Bonchev–Trinajstić information content (AvgIpc) is 2.46. The van der Waals surface area contributed by atoms with E-state index in [-0.39, 0.29) is 17.0 Å². The average molecular weight is 332 g/mol. The van der Waals surface area contributed by atoms with Crippen LogP contribution in [0, 0.1) is 6.92 Å². The number of rotatable bonds is 2. The molecule has 1 heterocycles. The second kappa shape index (κ2) is 6.23. The van der Waals surface area contributed by atoms with Crippen molar-refractivity contribution in [2.24, 2.45) is 0 Å². The highest BCUT2D eigenvalue weighted by Crippen LogP contribution is 2.26. The fraction of sp³-hybridized carbons (Fsp3) is 0.235. The van der Waals surface area contributed by atoms with Crippen LogP contribution in [0.15, 0.2) is 42.5 Å². The fourth-order valence-electron chi connectivity index (χ4n) is 2.67. The molecule has 104 valence electrons. The van der Waals surface area contributed by atoms with Gasteiger partial charge in [0.2, 0.25) is 5.69 Å². The minimum Gasteiger partial charge on any atom is -1.00 e. The Balaban J connectivity index is 0.00000147. The Bertz CT molecular complexity index is 649. The molecule has 3 rings (SSSR count). The molecule has 0 radical (unpaired) electrons. The molecule has 0 aromatic heterocycles. The van der Waals surface area contributed by atoms with Crippen LogP contribution >= 0.6 is 0 Å². The van der Waals surface area contributed by atoms with Gasteiger partial charge in [-0.1, -0.05) is 30.3 Å². The third-order valence-corrected chi connectivity index (χ3v) is 3.71. The summed E-state index contributed by atoms with van der Waals surface area (Å²) in [6.45, 7) is 3.17. The second-order valence-electron chi connectivity index (χ2n) is 4.89. The van der Waals surface area contributed by atoms with E-state index in [1.165, 1.54) is 22.4 Å². The minimum atomic E-state index is 0. The van der Waals surface area contributed by atoms with Crippen LogP contribution in [-0.2, 0) is 6.42 Å². The van der Waals surface area contributed by atoms with Crippen LogP contribution in [0.3, 0.4) is 0 Å². The minimum absolute atomic E-state index is 0. The highest BCUT2D eigenvalue weighted by Gasteiger charge is 2.21. The van der Waals surface area contributed by atoms with Crippen molar-refractivity contribution in [2.45, 2.75) is 13.3 Å². The Hall–Kier alpha value is -1.61. The Morgan fingerprint density at radius 2 is 1.85 bits per heavy atom. The predicted octanol–water partition coefficient (Wildman–Crippen LogP) is 0.327. The smallest absolute Gasteiger partial charge is 0.208 e. The normalized spacial score (nSPS) is 13.0. The molecule has 0 atom stereocenters. The van der Waals surface area contributed by atoms with E-state index >= 15 is 0 Å². The molecule has 0 spiro atoms. The SMILES string of the molecule is COc1cccc2c1C=[N+](c1ccccc1C)CC2.[Br-]. The van der Waals surface area contributed by atoms with Crippen LogP contribution in [0.1, 0.15) is 16.7 Å². The molecule has 0 fully saturated rings. The van der Waals surface area contributed by atoms with Gasteiger partial charge in [-0.15, -0.1) is 0 Å². The standard InChI is InChI=1S/C17H18NO.BrH/c1-13-6-3-4-8-16(13)18-11-10-14-7-5-9-17(19-2)15(14)12-18;/h3-9,12H,10-11H2,1-2H3;1H/q+1;/p-1. The van der Waals surface area contributed by atoms with Crippen molar-refractivity contribution in [3.05, 3.63) is 59.2 Å². The molecule has 1 aliphatic rings. The summed E-state index contributed by atoms with van der Waals surface area (Å²) in [5.74, 6) is 0.954. The van der Waals surface area contributed by atoms with Crippen molar-refractivity contribution in [2.75, 3.05) is 13.7 Å². The molecular weight excluding hydrogens is 314 g/mol. The Morgan fingerprint density at radius 1 is 1.05 bits per heavy atom. The lowest BCUT2D eigenvalue weighted by molar-refractivity contribution is -0.436. The molecule has 1 aliphatic heterocycles. The fourth-order valence-corrected chi connectivity index (χ4v) is 2.67. The number of nitrogens with zero attached hydrogens (tertiary/aromatic N) is 1. The van der Waals surface area contributed by atoms with E-state index in [4.69, 9.17) is 4.74 Å². The van der Waals surface area contributed by atoms with Crippen LogP contribution in [0.5, 0.6) is 5.75 Å². The number of hydrogen-bond acceptors (Lipinski definition) is 1. The zero-order valence-electron chi connectivity index (χ0n) is 11.8. The number of fused-ring (bicyclic) bond motifs is 1. The molecule has 0 unspecified atom stereocenters. The summed E-state index contributed by atoms with van der Waals surface area (Å²) in [7, 11) is 1.73. The molecule has 0 saturated carbocycles. The summed E-state index contributed by atoms with van der Waals surface area (Å²) < 4.78 is 7.79. The van der Waals surface area contributed by atoms with E-state index in [0.717, 1.165) is 18.7 Å². The first-order chi connectivity index (χ1) is 9.29. The first-order valence-electron chi connectivity index (χ1n) is 6.62. The number of hydrogen-bond donors (Lipinski definition) is 0. The highest BCUT2D eigenvalue weighted by molar-refractivity contribution is 5.84. The van der Waals surface area contributed by atoms with Gasteiger partial charge in [0.15, 0.2) is 12.8 Å². The lowest BCUT2D eigenvalue weighted by Gasteiger charge is -2.15. The van der Waals surface area contributed by atoms with Gasteiger partial charge in [-0.3, -0.25) is 0 Å². The van der Waals surface area contributed by atoms with Gasteiger partial charge < -0.3 is 21.7 Å². The zero-order chi connectivity index (χ0) is 13.2. The maximum atomic E-state index is 5.47. The van der Waals surface area contributed by atoms with Gasteiger partial charge in [-0.25, -0.2) is 0 Å². The highest BCUT2D eigenvalue weighted by atomic mass is 79.9. The summed E-state index contributed by atoms with van der Waals surface area (Å²) in [6, 6.07) is 14.8. The van der Waals surface area contributed by atoms with E-state index in [1.807, 2.05) is 6.07 Å². The first-order valence-corrected chi connectivity index (χ1v) is 6.62. The topological polar surface area (TPSA) is 12.2 Å². The Kier molecular flexibility index (Phi) is 4.61. The summed E-state index contributed by atoms with van der Waals surface area (Å²) in [5, 5.41) is 0. The number of methoxy groups -OCH3 is 1. The first kappa shape index (κ1) is 14.8. The van der Waals surface area contributed by atoms with Gasteiger partial charge in [0.1, 0.15) is 5.75 Å².